The number of carbonyl (C=O) groups is 1. The normalized spacial score (nSPS) is 14.4. The van der Waals surface area contributed by atoms with E-state index in [0.717, 1.165) is 54.4 Å². The largest absolute Gasteiger partial charge is 0.497 e. The molecule has 0 N–H and O–H groups in total. The second kappa shape index (κ2) is 8.95. The summed E-state index contributed by atoms with van der Waals surface area (Å²) in [4.78, 5) is 16.8. The van der Waals surface area contributed by atoms with E-state index < -0.39 is 0 Å². The van der Waals surface area contributed by atoms with Gasteiger partial charge in [-0.1, -0.05) is 18.2 Å². The number of hydrogen-bond acceptors (Lipinski definition) is 5. The molecule has 6 heteroatoms. The van der Waals surface area contributed by atoms with Crippen LogP contribution in [0.2, 0.25) is 0 Å². The van der Waals surface area contributed by atoms with E-state index in [1.165, 1.54) is 0 Å². The van der Waals surface area contributed by atoms with Crippen LogP contribution in [0.3, 0.4) is 0 Å². The second-order valence-corrected chi connectivity index (χ2v) is 7.50. The number of amides is 1. The molecule has 3 aromatic rings. The molecule has 1 fully saturated rings. The number of piperidine rings is 1. The Balaban J connectivity index is 1.36. The van der Waals surface area contributed by atoms with E-state index in [1.54, 1.807) is 12.0 Å². The number of rotatable bonds is 5. The van der Waals surface area contributed by atoms with Crippen LogP contribution in [-0.4, -0.2) is 43.4 Å². The minimum atomic E-state index is 0.0398. The molecule has 1 aliphatic heterocycles. The maximum atomic E-state index is 12.9. The fraction of sp³-hybridized carbons (Fsp3) is 0.292. The van der Waals surface area contributed by atoms with Crippen molar-refractivity contribution < 1.29 is 9.53 Å². The van der Waals surface area contributed by atoms with Crippen molar-refractivity contribution in [3.05, 3.63) is 66.7 Å². The van der Waals surface area contributed by atoms with E-state index >= 15 is 0 Å². The number of anilines is 2. The monoisotopic (exact) mass is 402 g/mol. The number of aromatic nitrogens is 2. The number of benzene rings is 2. The summed E-state index contributed by atoms with van der Waals surface area (Å²) in [6.45, 7) is 1.60. The van der Waals surface area contributed by atoms with Crippen molar-refractivity contribution in [3.8, 4) is 17.0 Å². The van der Waals surface area contributed by atoms with Crippen LogP contribution in [0.4, 0.5) is 11.5 Å². The van der Waals surface area contributed by atoms with Gasteiger partial charge in [-0.2, -0.15) is 0 Å². The van der Waals surface area contributed by atoms with Crippen molar-refractivity contribution in [2.75, 3.05) is 37.0 Å². The highest BCUT2D eigenvalue weighted by atomic mass is 16.5. The third kappa shape index (κ3) is 4.27. The third-order valence-electron chi connectivity index (χ3n) is 5.68. The predicted molar refractivity (Wildman–Crippen MR) is 119 cm³/mol. The summed E-state index contributed by atoms with van der Waals surface area (Å²) in [5, 5.41) is 8.82. The van der Waals surface area contributed by atoms with Gasteiger partial charge in [0.1, 0.15) is 5.75 Å². The molecule has 0 aliphatic carbocycles. The maximum absolute atomic E-state index is 12.9. The fourth-order valence-corrected chi connectivity index (χ4v) is 3.82. The average Bonchev–Trinajstić information content (AvgIpc) is 2.84. The van der Waals surface area contributed by atoms with Crippen molar-refractivity contribution in [2.45, 2.75) is 12.8 Å². The average molecular weight is 402 g/mol. The molecule has 0 spiro atoms. The molecule has 6 nitrogen and oxygen atoms in total. The quantitative estimate of drug-likeness (QED) is 0.645. The topological polar surface area (TPSA) is 58.6 Å². The van der Waals surface area contributed by atoms with Crippen LogP contribution in [0.15, 0.2) is 66.7 Å². The van der Waals surface area contributed by atoms with Crippen LogP contribution in [-0.2, 0) is 4.79 Å². The van der Waals surface area contributed by atoms with Crippen molar-refractivity contribution in [1.82, 2.24) is 10.2 Å². The molecule has 154 valence electrons. The van der Waals surface area contributed by atoms with Crippen LogP contribution in [0.25, 0.3) is 11.3 Å². The Morgan fingerprint density at radius 2 is 1.67 bits per heavy atom. The molecule has 2 aromatic carbocycles. The van der Waals surface area contributed by atoms with E-state index in [-0.39, 0.29) is 11.8 Å². The van der Waals surface area contributed by atoms with Gasteiger partial charge in [0.15, 0.2) is 5.82 Å². The molecule has 2 heterocycles. The molecule has 0 unspecified atom stereocenters. The van der Waals surface area contributed by atoms with Gasteiger partial charge in [-0.25, -0.2) is 0 Å². The molecule has 0 bridgehead atoms. The lowest BCUT2D eigenvalue weighted by Crippen LogP contribution is -2.41. The van der Waals surface area contributed by atoms with Crippen molar-refractivity contribution >= 4 is 17.4 Å². The Kier molecular flexibility index (Phi) is 5.93. The van der Waals surface area contributed by atoms with Gasteiger partial charge >= 0.3 is 0 Å². The van der Waals surface area contributed by atoms with Gasteiger partial charge in [-0.15, -0.1) is 10.2 Å². The highest BCUT2D eigenvalue weighted by Gasteiger charge is 2.28. The summed E-state index contributed by atoms with van der Waals surface area (Å²) >= 11 is 0. The van der Waals surface area contributed by atoms with Crippen molar-refractivity contribution in [1.29, 1.82) is 0 Å². The zero-order valence-corrected chi connectivity index (χ0v) is 17.4. The van der Waals surface area contributed by atoms with E-state index in [0.29, 0.717) is 0 Å². The molecule has 1 saturated heterocycles. The first-order chi connectivity index (χ1) is 14.7. The summed E-state index contributed by atoms with van der Waals surface area (Å²) < 4.78 is 5.20. The van der Waals surface area contributed by atoms with E-state index in [4.69, 9.17) is 4.74 Å². The fourth-order valence-electron chi connectivity index (χ4n) is 3.82. The first-order valence-electron chi connectivity index (χ1n) is 10.2. The van der Waals surface area contributed by atoms with Gasteiger partial charge in [0, 0.05) is 37.3 Å². The summed E-state index contributed by atoms with van der Waals surface area (Å²) in [7, 11) is 3.51. The van der Waals surface area contributed by atoms with Gasteiger partial charge in [0.2, 0.25) is 5.91 Å². The Labute approximate surface area is 177 Å². The first-order valence-corrected chi connectivity index (χ1v) is 10.2. The first kappa shape index (κ1) is 19.9. The number of nitrogens with zero attached hydrogens (tertiary/aromatic N) is 4. The van der Waals surface area contributed by atoms with E-state index in [2.05, 4.69) is 15.1 Å². The van der Waals surface area contributed by atoms with Crippen molar-refractivity contribution in [3.63, 3.8) is 0 Å². The molecule has 1 aliphatic rings. The molecule has 0 saturated carbocycles. The highest BCUT2D eigenvalue weighted by molar-refractivity contribution is 5.94. The Bertz CT molecular complexity index is 966. The smallest absolute Gasteiger partial charge is 0.229 e. The van der Waals surface area contributed by atoms with Crippen LogP contribution in [0.5, 0.6) is 5.75 Å². The zero-order valence-electron chi connectivity index (χ0n) is 17.4. The minimum Gasteiger partial charge on any atom is -0.497 e. The van der Waals surface area contributed by atoms with Gasteiger partial charge in [-0.3, -0.25) is 4.79 Å². The molecule has 1 aromatic heterocycles. The standard InChI is InChI=1S/C24H26N4O2/c1-27(20-6-4-3-5-7-20)24(29)19-14-16-28(17-15-19)23-13-12-22(25-26-23)18-8-10-21(30-2)11-9-18/h3-13,19H,14-17H2,1-2H3. The molecule has 0 radical (unpaired) electrons. The van der Waals surface area contributed by atoms with Crippen LogP contribution in [0, 0.1) is 5.92 Å². The summed E-state index contributed by atoms with van der Waals surface area (Å²) in [5.74, 6) is 1.90. The molecule has 4 rings (SSSR count). The van der Waals surface area contributed by atoms with Crippen LogP contribution >= 0.6 is 0 Å². The molecular weight excluding hydrogens is 376 g/mol. The second-order valence-electron chi connectivity index (χ2n) is 7.50. The number of ether oxygens (including phenoxy) is 1. The Morgan fingerprint density at radius 3 is 2.27 bits per heavy atom. The molecule has 1 amide bonds. The summed E-state index contributed by atoms with van der Waals surface area (Å²) in [5.41, 5.74) is 2.77. The van der Waals surface area contributed by atoms with Gasteiger partial charge in [0.25, 0.3) is 0 Å². The number of carbonyl (C=O) groups excluding carboxylic acids is 1. The maximum Gasteiger partial charge on any atom is 0.229 e. The predicted octanol–water partition coefficient (Wildman–Crippen LogP) is 4.03. The third-order valence-corrected chi connectivity index (χ3v) is 5.68. The molecule has 30 heavy (non-hydrogen) atoms. The number of hydrogen-bond donors (Lipinski definition) is 0. The lowest BCUT2D eigenvalue weighted by molar-refractivity contribution is -0.122. The van der Waals surface area contributed by atoms with Crippen molar-refractivity contribution in [2.24, 2.45) is 5.92 Å². The SMILES string of the molecule is COc1ccc(-c2ccc(N3CCC(C(=O)N(C)c4ccccc4)CC3)nn2)cc1. The highest BCUT2D eigenvalue weighted by Crippen LogP contribution is 2.26. The molecular formula is C24H26N4O2. The van der Waals surface area contributed by atoms with Crippen LogP contribution < -0.4 is 14.5 Å². The van der Waals surface area contributed by atoms with Gasteiger partial charge in [0.05, 0.1) is 12.8 Å². The Hall–Kier alpha value is -3.41. The van der Waals surface area contributed by atoms with Gasteiger partial charge in [-0.05, 0) is 61.4 Å². The van der Waals surface area contributed by atoms with E-state index in [9.17, 15) is 4.79 Å². The number of para-hydroxylation sites is 1. The Morgan fingerprint density at radius 1 is 0.967 bits per heavy atom. The lowest BCUT2D eigenvalue weighted by atomic mass is 9.95. The van der Waals surface area contributed by atoms with E-state index in [1.807, 2.05) is 73.8 Å². The summed E-state index contributed by atoms with van der Waals surface area (Å²) in [6.07, 6.45) is 1.63. The molecule has 0 atom stereocenters. The summed E-state index contributed by atoms with van der Waals surface area (Å²) in [6, 6.07) is 21.6. The van der Waals surface area contributed by atoms with Crippen LogP contribution in [0.1, 0.15) is 12.8 Å². The lowest BCUT2D eigenvalue weighted by Gasteiger charge is -2.33. The minimum absolute atomic E-state index is 0.0398. The zero-order chi connectivity index (χ0) is 20.9. The number of methoxy groups -OCH3 is 1. The van der Waals surface area contributed by atoms with Gasteiger partial charge < -0.3 is 14.5 Å².